The van der Waals surface area contributed by atoms with Crippen LogP contribution in [0.3, 0.4) is 0 Å². The van der Waals surface area contributed by atoms with E-state index < -0.39 is 11.8 Å². The lowest BCUT2D eigenvalue weighted by molar-refractivity contribution is -0.122. The van der Waals surface area contributed by atoms with Gasteiger partial charge < -0.3 is 0 Å². The van der Waals surface area contributed by atoms with Crippen molar-refractivity contribution >= 4 is 56.8 Å². The Bertz CT molecular complexity index is 816. The monoisotopic (exact) mass is 386 g/mol. The van der Waals surface area contributed by atoms with Gasteiger partial charge in [0.2, 0.25) is 0 Å². The Morgan fingerprint density at radius 3 is 2.30 bits per heavy atom. The van der Waals surface area contributed by atoms with Crippen molar-refractivity contribution in [1.82, 2.24) is 5.32 Å². The summed E-state index contributed by atoms with van der Waals surface area (Å²) in [6.45, 7) is 0. The molecule has 1 fully saturated rings. The Morgan fingerprint density at radius 2 is 1.65 bits per heavy atom. The topological polar surface area (TPSA) is 49.4 Å². The molecule has 0 radical (unpaired) electrons. The minimum atomic E-state index is -0.491. The van der Waals surface area contributed by atoms with Gasteiger partial charge in [-0.1, -0.05) is 46.3 Å². The second-order valence-electron chi connectivity index (χ2n) is 4.84. The van der Waals surface area contributed by atoms with E-state index in [2.05, 4.69) is 21.2 Å². The summed E-state index contributed by atoms with van der Waals surface area (Å²) in [5.74, 6) is -0.928. The van der Waals surface area contributed by atoms with E-state index >= 15 is 0 Å². The van der Waals surface area contributed by atoms with Gasteiger partial charge in [0.15, 0.2) is 5.11 Å². The van der Waals surface area contributed by atoms with E-state index in [9.17, 15) is 9.59 Å². The number of hydrogen-bond donors (Lipinski definition) is 1. The average molecular weight is 387 g/mol. The van der Waals surface area contributed by atoms with Crippen LogP contribution < -0.4 is 10.2 Å². The summed E-state index contributed by atoms with van der Waals surface area (Å²) >= 11 is 8.49. The van der Waals surface area contributed by atoms with Crippen LogP contribution in [0.4, 0.5) is 5.69 Å². The largest absolute Gasteiger partial charge is 0.298 e. The number of nitrogens with one attached hydrogen (secondary N) is 1. The van der Waals surface area contributed by atoms with E-state index in [1.807, 2.05) is 30.3 Å². The molecule has 2 aromatic rings. The highest BCUT2D eigenvalue weighted by Gasteiger charge is 2.34. The quantitative estimate of drug-likeness (QED) is 0.489. The first-order valence-electron chi connectivity index (χ1n) is 6.78. The Kier molecular flexibility index (Phi) is 4.36. The molecular weight excluding hydrogens is 376 g/mol. The molecule has 6 heteroatoms. The minimum absolute atomic E-state index is 0.0461. The van der Waals surface area contributed by atoms with Crippen molar-refractivity contribution in [2.75, 3.05) is 4.90 Å². The zero-order chi connectivity index (χ0) is 16.4. The maximum absolute atomic E-state index is 12.7. The molecule has 2 amide bonds. The number of rotatable bonds is 2. The Labute approximate surface area is 146 Å². The molecule has 3 rings (SSSR count). The Balaban J connectivity index is 2.00. The summed E-state index contributed by atoms with van der Waals surface area (Å²) in [7, 11) is 0. The summed E-state index contributed by atoms with van der Waals surface area (Å²) in [6, 6.07) is 16.3. The third-order valence-corrected chi connectivity index (χ3v) is 4.11. The lowest BCUT2D eigenvalue weighted by Crippen LogP contribution is -2.54. The van der Waals surface area contributed by atoms with Crippen molar-refractivity contribution in [1.29, 1.82) is 0 Å². The van der Waals surface area contributed by atoms with Gasteiger partial charge in [0.25, 0.3) is 11.8 Å². The number of nitrogens with zero attached hydrogens (tertiary/aromatic N) is 1. The van der Waals surface area contributed by atoms with E-state index in [1.165, 1.54) is 4.90 Å². The third-order valence-electron chi connectivity index (χ3n) is 3.30. The lowest BCUT2D eigenvalue weighted by atomic mass is 10.1. The highest BCUT2D eigenvalue weighted by atomic mass is 79.9. The van der Waals surface area contributed by atoms with Gasteiger partial charge in [0.05, 0.1) is 5.69 Å². The molecule has 0 bridgehead atoms. The van der Waals surface area contributed by atoms with Crippen LogP contribution in [0.2, 0.25) is 0 Å². The number of hydrogen-bond acceptors (Lipinski definition) is 3. The van der Waals surface area contributed by atoms with Crippen LogP contribution in [0.5, 0.6) is 0 Å². The second kappa shape index (κ2) is 6.44. The van der Waals surface area contributed by atoms with Gasteiger partial charge in [-0.25, -0.2) is 0 Å². The second-order valence-corrected chi connectivity index (χ2v) is 6.15. The number of anilines is 1. The van der Waals surface area contributed by atoms with Gasteiger partial charge in [-0.05, 0) is 48.1 Å². The summed E-state index contributed by atoms with van der Waals surface area (Å²) in [6.07, 6.45) is 1.56. The fourth-order valence-corrected chi connectivity index (χ4v) is 2.74. The molecule has 0 aliphatic carbocycles. The van der Waals surface area contributed by atoms with Crippen molar-refractivity contribution in [2.45, 2.75) is 0 Å². The number of amides is 2. The Morgan fingerprint density at radius 1 is 1.00 bits per heavy atom. The maximum Gasteiger partial charge on any atom is 0.270 e. The Hall–Kier alpha value is -2.31. The molecule has 114 valence electrons. The number of para-hydroxylation sites is 1. The minimum Gasteiger partial charge on any atom is -0.298 e. The van der Waals surface area contributed by atoms with Crippen LogP contribution in [0.15, 0.2) is 64.6 Å². The summed E-state index contributed by atoms with van der Waals surface area (Å²) < 4.78 is 0.922. The predicted molar refractivity (Wildman–Crippen MR) is 96.8 cm³/mol. The molecule has 0 saturated carbocycles. The van der Waals surface area contributed by atoms with Crippen molar-refractivity contribution in [2.24, 2.45) is 0 Å². The first kappa shape index (κ1) is 15.6. The van der Waals surface area contributed by atoms with Crippen LogP contribution in [-0.4, -0.2) is 16.9 Å². The number of thiocarbonyl (C=S) groups is 1. The van der Waals surface area contributed by atoms with Crippen LogP contribution >= 0.6 is 28.1 Å². The van der Waals surface area contributed by atoms with Crippen molar-refractivity contribution in [3.05, 3.63) is 70.2 Å². The average Bonchev–Trinajstić information content (AvgIpc) is 2.54. The van der Waals surface area contributed by atoms with E-state index in [-0.39, 0.29) is 10.7 Å². The lowest BCUT2D eigenvalue weighted by Gasteiger charge is -2.28. The molecule has 0 atom stereocenters. The van der Waals surface area contributed by atoms with Crippen LogP contribution in [0, 0.1) is 0 Å². The molecule has 2 aromatic carbocycles. The SMILES string of the molecule is O=C1NC(=S)N(c2ccccc2)C(=O)/C1=C/c1ccc(Br)cc1. The molecule has 1 aliphatic heterocycles. The van der Waals surface area contributed by atoms with Gasteiger partial charge in [-0.2, -0.15) is 0 Å². The van der Waals surface area contributed by atoms with E-state index in [0.717, 1.165) is 10.0 Å². The maximum atomic E-state index is 12.7. The number of benzene rings is 2. The molecule has 1 saturated heterocycles. The fraction of sp³-hybridized carbons (Fsp3) is 0. The zero-order valence-corrected chi connectivity index (χ0v) is 14.2. The van der Waals surface area contributed by atoms with Crippen molar-refractivity contribution in [3.8, 4) is 0 Å². The van der Waals surface area contributed by atoms with Gasteiger partial charge >= 0.3 is 0 Å². The van der Waals surface area contributed by atoms with Crippen LogP contribution in [0.25, 0.3) is 6.08 Å². The highest BCUT2D eigenvalue weighted by molar-refractivity contribution is 9.10. The van der Waals surface area contributed by atoms with Crippen molar-refractivity contribution in [3.63, 3.8) is 0 Å². The van der Waals surface area contributed by atoms with Gasteiger partial charge in [-0.15, -0.1) is 0 Å². The van der Waals surface area contributed by atoms with Gasteiger partial charge in [0.1, 0.15) is 5.57 Å². The molecular formula is C17H11BrN2O2S. The molecule has 1 aliphatic rings. The van der Waals surface area contributed by atoms with E-state index in [1.54, 1.807) is 30.3 Å². The van der Waals surface area contributed by atoms with Gasteiger partial charge in [-0.3, -0.25) is 19.8 Å². The first-order valence-corrected chi connectivity index (χ1v) is 7.98. The highest BCUT2D eigenvalue weighted by Crippen LogP contribution is 2.22. The predicted octanol–water partition coefficient (Wildman–Crippen LogP) is 3.28. The molecule has 4 nitrogen and oxygen atoms in total. The van der Waals surface area contributed by atoms with Gasteiger partial charge in [0, 0.05) is 4.47 Å². The number of halogens is 1. The first-order chi connectivity index (χ1) is 11.1. The molecule has 0 spiro atoms. The zero-order valence-electron chi connectivity index (χ0n) is 11.8. The third kappa shape index (κ3) is 3.23. The fourth-order valence-electron chi connectivity index (χ4n) is 2.19. The smallest absolute Gasteiger partial charge is 0.270 e. The molecule has 1 heterocycles. The normalized spacial score (nSPS) is 16.7. The molecule has 0 unspecified atom stereocenters. The number of carbonyl (C=O) groups is 2. The van der Waals surface area contributed by atoms with Crippen LogP contribution in [-0.2, 0) is 9.59 Å². The molecule has 0 aromatic heterocycles. The summed E-state index contributed by atoms with van der Waals surface area (Å²) in [5.41, 5.74) is 1.42. The number of carbonyl (C=O) groups excluding carboxylic acids is 2. The molecule has 23 heavy (non-hydrogen) atoms. The van der Waals surface area contributed by atoms with E-state index in [0.29, 0.717) is 5.69 Å². The summed E-state index contributed by atoms with van der Waals surface area (Å²) in [5, 5.41) is 2.64. The van der Waals surface area contributed by atoms with Crippen LogP contribution in [0.1, 0.15) is 5.56 Å². The molecule has 1 N–H and O–H groups in total. The van der Waals surface area contributed by atoms with E-state index in [4.69, 9.17) is 12.2 Å². The standard InChI is InChI=1S/C17H11BrN2O2S/c18-12-8-6-11(7-9-12)10-14-15(21)19-17(23)20(16(14)22)13-4-2-1-3-5-13/h1-10H,(H,19,21,23)/b14-10+. The van der Waals surface area contributed by atoms with Crippen molar-refractivity contribution < 1.29 is 9.59 Å². The summed E-state index contributed by atoms with van der Waals surface area (Å²) in [4.78, 5) is 26.2.